The van der Waals surface area contributed by atoms with Crippen LogP contribution in [0, 0.1) is 0 Å². The summed E-state index contributed by atoms with van der Waals surface area (Å²) in [6.45, 7) is 8.07. The van der Waals surface area contributed by atoms with Gasteiger partial charge in [0.2, 0.25) is 0 Å². The Kier molecular flexibility index (Phi) is 7.82. The lowest BCUT2D eigenvalue weighted by atomic mass is 10.1. The molecule has 18 heavy (non-hydrogen) atoms. The number of ether oxygens (including phenoxy) is 2. The monoisotopic (exact) mass is 258 g/mol. The SMILES string of the molecule is CCNC1CCCC1N(CCOC)C(C)COC. The maximum absolute atomic E-state index is 5.32. The van der Waals surface area contributed by atoms with Crippen molar-refractivity contribution in [3.8, 4) is 0 Å². The van der Waals surface area contributed by atoms with Crippen molar-refractivity contribution in [1.29, 1.82) is 0 Å². The van der Waals surface area contributed by atoms with E-state index >= 15 is 0 Å². The molecule has 4 nitrogen and oxygen atoms in total. The van der Waals surface area contributed by atoms with E-state index in [1.807, 2.05) is 0 Å². The molecule has 1 aliphatic carbocycles. The second-order valence-electron chi connectivity index (χ2n) is 5.20. The molecule has 108 valence electrons. The molecule has 0 spiro atoms. The molecule has 1 saturated carbocycles. The average molecular weight is 258 g/mol. The quantitative estimate of drug-likeness (QED) is 0.679. The molecule has 3 unspecified atom stereocenters. The van der Waals surface area contributed by atoms with Gasteiger partial charge in [-0.15, -0.1) is 0 Å². The molecular weight excluding hydrogens is 228 g/mol. The summed E-state index contributed by atoms with van der Waals surface area (Å²) in [5.41, 5.74) is 0. The van der Waals surface area contributed by atoms with Gasteiger partial charge in [-0.1, -0.05) is 13.3 Å². The number of hydrogen-bond donors (Lipinski definition) is 1. The molecule has 0 amide bonds. The minimum Gasteiger partial charge on any atom is -0.383 e. The first kappa shape index (κ1) is 15.9. The Balaban J connectivity index is 2.61. The number of likely N-dealkylation sites (N-methyl/N-ethyl adjacent to an activating group) is 1. The van der Waals surface area contributed by atoms with Crippen molar-refractivity contribution in [1.82, 2.24) is 10.2 Å². The van der Waals surface area contributed by atoms with Crippen LogP contribution in [-0.4, -0.2) is 63.5 Å². The highest BCUT2D eigenvalue weighted by Crippen LogP contribution is 2.25. The van der Waals surface area contributed by atoms with Gasteiger partial charge in [-0.25, -0.2) is 0 Å². The highest BCUT2D eigenvalue weighted by molar-refractivity contribution is 4.92. The maximum atomic E-state index is 5.32. The van der Waals surface area contributed by atoms with Crippen LogP contribution in [0.25, 0.3) is 0 Å². The van der Waals surface area contributed by atoms with Crippen LogP contribution in [0.15, 0.2) is 0 Å². The Morgan fingerprint density at radius 2 is 2.06 bits per heavy atom. The van der Waals surface area contributed by atoms with Gasteiger partial charge in [0.25, 0.3) is 0 Å². The van der Waals surface area contributed by atoms with Gasteiger partial charge in [-0.05, 0) is 26.3 Å². The lowest BCUT2D eigenvalue weighted by Crippen LogP contribution is -2.52. The van der Waals surface area contributed by atoms with Crippen molar-refractivity contribution in [2.24, 2.45) is 0 Å². The molecule has 0 bridgehead atoms. The fraction of sp³-hybridized carbons (Fsp3) is 1.00. The van der Waals surface area contributed by atoms with Crippen molar-refractivity contribution >= 4 is 0 Å². The Morgan fingerprint density at radius 3 is 2.67 bits per heavy atom. The number of nitrogens with zero attached hydrogens (tertiary/aromatic N) is 1. The zero-order valence-electron chi connectivity index (χ0n) is 12.4. The highest BCUT2D eigenvalue weighted by atomic mass is 16.5. The number of hydrogen-bond acceptors (Lipinski definition) is 4. The summed E-state index contributed by atoms with van der Waals surface area (Å²) in [4.78, 5) is 2.56. The molecule has 4 heteroatoms. The van der Waals surface area contributed by atoms with Crippen LogP contribution in [0.1, 0.15) is 33.1 Å². The second-order valence-corrected chi connectivity index (χ2v) is 5.20. The fourth-order valence-corrected chi connectivity index (χ4v) is 3.08. The minimum absolute atomic E-state index is 0.453. The van der Waals surface area contributed by atoms with Crippen molar-refractivity contribution in [2.75, 3.05) is 40.5 Å². The summed E-state index contributed by atoms with van der Waals surface area (Å²) in [7, 11) is 3.55. The molecule has 1 N–H and O–H groups in total. The lowest BCUT2D eigenvalue weighted by molar-refractivity contribution is 0.0409. The summed E-state index contributed by atoms with van der Waals surface area (Å²) in [6.07, 6.45) is 3.91. The van der Waals surface area contributed by atoms with Gasteiger partial charge in [-0.2, -0.15) is 0 Å². The predicted octanol–water partition coefficient (Wildman–Crippen LogP) is 1.50. The molecule has 0 saturated heterocycles. The van der Waals surface area contributed by atoms with Gasteiger partial charge in [-0.3, -0.25) is 4.90 Å². The first-order valence-corrected chi connectivity index (χ1v) is 7.21. The van der Waals surface area contributed by atoms with E-state index in [1.165, 1.54) is 19.3 Å². The van der Waals surface area contributed by atoms with Crippen LogP contribution >= 0.6 is 0 Å². The second kappa shape index (κ2) is 8.86. The molecule has 0 radical (unpaired) electrons. The summed E-state index contributed by atoms with van der Waals surface area (Å²) in [5.74, 6) is 0. The molecule has 1 rings (SSSR count). The lowest BCUT2D eigenvalue weighted by Gasteiger charge is -2.37. The smallest absolute Gasteiger partial charge is 0.0615 e. The normalized spacial score (nSPS) is 25.8. The third kappa shape index (κ3) is 4.50. The number of methoxy groups -OCH3 is 2. The fourth-order valence-electron chi connectivity index (χ4n) is 3.08. The summed E-state index contributed by atoms with van der Waals surface area (Å²) < 4.78 is 10.6. The largest absolute Gasteiger partial charge is 0.383 e. The van der Waals surface area contributed by atoms with Gasteiger partial charge < -0.3 is 14.8 Å². The van der Waals surface area contributed by atoms with Crippen LogP contribution < -0.4 is 5.32 Å². The van der Waals surface area contributed by atoms with E-state index in [-0.39, 0.29) is 0 Å². The zero-order valence-corrected chi connectivity index (χ0v) is 12.4. The minimum atomic E-state index is 0.453. The Morgan fingerprint density at radius 1 is 1.28 bits per heavy atom. The van der Waals surface area contributed by atoms with Crippen molar-refractivity contribution in [3.63, 3.8) is 0 Å². The van der Waals surface area contributed by atoms with E-state index in [9.17, 15) is 0 Å². The molecule has 0 aromatic carbocycles. The van der Waals surface area contributed by atoms with E-state index in [1.54, 1.807) is 14.2 Å². The van der Waals surface area contributed by atoms with Gasteiger partial charge in [0, 0.05) is 38.9 Å². The van der Waals surface area contributed by atoms with E-state index in [0.717, 1.165) is 26.3 Å². The molecule has 0 aliphatic heterocycles. The molecule has 0 aromatic rings. The summed E-state index contributed by atoms with van der Waals surface area (Å²) in [5, 5.41) is 3.63. The van der Waals surface area contributed by atoms with Crippen LogP contribution in [-0.2, 0) is 9.47 Å². The van der Waals surface area contributed by atoms with Crippen molar-refractivity contribution in [2.45, 2.75) is 51.2 Å². The maximum Gasteiger partial charge on any atom is 0.0615 e. The topological polar surface area (TPSA) is 33.7 Å². The predicted molar refractivity (Wildman–Crippen MR) is 75.0 cm³/mol. The Labute approximate surface area is 112 Å². The van der Waals surface area contributed by atoms with E-state index in [0.29, 0.717) is 18.1 Å². The van der Waals surface area contributed by atoms with Gasteiger partial charge in [0.15, 0.2) is 0 Å². The van der Waals surface area contributed by atoms with Gasteiger partial charge in [0.1, 0.15) is 0 Å². The van der Waals surface area contributed by atoms with Crippen LogP contribution in [0.5, 0.6) is 0 Å². The summed E-state index contributed by atoms with van der Waals surface area (Å²) in [6, 6.07) is 1.71. The molecule has 3 atom stereocenters. The standard InChI is InChI=1S/C14H30N2O2/c1-5-15-13-7-6-8-14(13)16(9-10-17-3)12(2)11-18-4/h12-15H,5-11H2,1-4H3. The van der Waals surface area contributed by atoms with E-state index in [2.05, 4.69) is 24.1 Å². The summed E-state index contributed by atoms with van der Waals surface area (Å²) >= 11 is 0. The Hall–Kier alpha value is -0.160. The first-order valence-electron chi connectivity index (χ1n) is 7.21. The molecular formula is C14H30N2O2. The average Bonchev–Trinajstić information content (AvgIpc) is 2.79. The third-order valence-corrected chi connectivity index (χ3v) is 3.90. The van der Waals surface area contributed by atoms with Gasteiger partial charge >= 0.3 is 0 Å². The van der Waals surface area contributed by atoms with Crippen molar-refractivity contribution < 1.29 is 9.47 Å². The van der Waals surface area contributed by atoms with Crippen LogP contribution in [0.3, 0.4) is 0 Å². The zero-order chi connectivity index (χ0) is 13.4. The third-order valence-electron chi connectivity index (χ3n) is 3.90. The molecule has 1 fully saturated rings. The first-order chi connectivity index (χ1) is 8.74. The van der Waals surface area contributed by atoms with Crippen molar-refractivity contribution in [3.05, 3.63) is 0 Å². The molecule has 1 aliphatic rings. The molecule has 0 heterocycles. The number of rotatable bonds is 9. The highest BCUT2D eigenvalue weighted by Gasteiger charge is 2.33. The van der Waals surface area contributed by atoms with E-state index in [4.69, 9.17) is 9.47 Å². The van der Waals surface area contributed by atoms with Crippen LogP contribution in [0.2, 0.25) is 0 Å². The molecule has 0 aromatic heterocycles. The number of nitrogens with one attached hydrogen (secondary N) is 1. The van der Waals surface area contributed by atoms with E-state index < -0.39 is 0 Å². The Bertz CT molecular complexity index is 214. The van der Waals surface area contributed by atoms with Crippen LogP contribution in [0.4, 0.5) is 0 Å². The van der Waals surface area contributed by atoms with Gasteiger partial charge in [0.05, 0.1) is 13.2 Å².